The zero-order valence-electron chi connectivity index (χ0n) is 14.9. The third kappa shape index (κ3) is 3.11. The largest absolute Gasteiger partial charge is 0.361 e. The Hall–Kier alpha value is -2.63. The van der Waals surface area contributed by atoms with Crippen molar-refractivity contribution in [1.29, 1.82) is 0 Å². The summed E-state index contributed by atoms with van der Waals surface area (Å²) >= 11 is 0. The molecule has 3 atom stereocenters. The second-order valence-corrected chi connectivity index (χ2v) is 7.23. The summed E-state index contributed by atoms with van der Waals surface area (Å²) < 4.78 is 5.07. The van der Waals surface area contributed by atoms with Crippen molar-refractivity contribution in [2.45, 2.75) is 25.8 Å². The Bertz CT molecular complexity index is 775. The number of carbonyl (C=O) groups is 2. The Labute approximate surface area is 152 Å². The molecule has 6 nitrogen and oxygen atoms in total. The first-order valence-corrected chi connectivity index (χ1v) is 9.13. The molecule has 0 radical (unpaired) electrons. The SMILES string of the molecule is CC(=O)N1C[C@H]2CN(C(=O)CCc3ccno3)C[C@H]2[C@H]1c1ccccc1. The van der Waals surface area contributed by atoms with Crippen LogP contribution in [0.1, 0.15) is 30.7 Å². The number of hydrogen-bond donors (Lipinski definition) is 0. The molecule has 2 amide bonds. The molecule has 0 unspecified atom stereocenters. The van der Waals surface area contributed by atoms with Gasteiger partial charge in [0.05, 0.1) is 12.2 Å². The topological polar surface area (TPSA) is 66.7 Å². The fourth-order valence-corrected chi connectivity index (χ4v) is 4.41. The number of nitrogens with zero attached hydrogens (tertiary/aromatic N) is 3. The summed E-state index contributed by atoms with van der Waals surface area (Å²) in [4.78, 5) is 28.7. The minimum absolute atomic E-state index is 0.0609. The van der Waals surface area contributed by atoms with E-state index in [1.807, 2.05) is 28.0 Å². The molecule has 0 aliphatic carbocycles. The lowest BCUT2D eigenvalue weighted by atomic mass is 9.89. The molecule has 0 spiro atoms. The zero-order chi connectivity index (χ0) is 18.1. The summed E-state index contributed by atoms with van der Waals surface area (Å²) in [6, 6.07) is 12.0. The third-order valence-corrected chi connectivity index (χ3v) is 5.64. The second-order valence-electron chi connectivity index (χ2n) is 7.23. The predicted molar refractivity (Wildman–Crippen MR) is 95.0 cm³/mol. The normalized spacial score (nSPS) is 24.7. The summed E-state index contributed by atoms with van der Waals surface area (Å²) in [5, 5.41) is 3.68. The molecule has 2 fully saturated rings. The molecule has 0 saturated carbocycles. The lowest BCUT2D eigenvalue weighted by Crippen LogP contribution is -2.36. The van der Waals surface area contributed by atoms with E-state index in [0.29, 0.717) is 31.2 Å². The van der Waals surface area contributed by atoms with Crippen molar-refractivity contribution in [2.24, 2.45) is 11.8 Å². The highest BCUT2D eigenvalue weighted by molar-refractivity contribution is 5.77. The number of amides is 2. The number of aryl methyl sites for hydroxylation is 1. The average Bonchev–Trinajstić information content (AvgIpc) is 3.35. The molecule has 4 rings (SSSR count). The second kappa shape index (κ2) is 6.94. The van der Waals surface area contributed by atoms with Crippen LogP contribution >= 0.6 is 0 Å². The van der Waals surface area contributed by atoms with Crippen molar-refractivity contribution in [2.75, 3.05) is 19.6 Å². The summed E-state index contributed by atoms with van der Waals surface area (Å²) in [6.45, 7) is 3.80. The van der Waals surface area contributed by atoms with E-state index < -0.39 is 0 Å². The van der Waals surface area contributed by atoms with Gasteiger partial charge in [-0.05, 0) is 5.56 Å². The van der Waals surface area contributed by atoms with Gasteiger partial charge in [0.1, 0.15) is 5.76 Å². The van der Waals surface area contributed by atoms with E-state index in [-0.39, 0.29) is 17.9 Å². The van der Waals surface area contributed by atoms with Gasteiger partial charge in [0, 0.05) is 57.3 Å². The highest BCUT2D eigenvalue weighted by atomic mass is 16.5. The van der Waals surface area contributed by atoms with Crippen LogP contribution in [0.25, 0.3) is 0 Å². The monoisotopic (exact) mass is 353 g/mol. The van der Waals surface area contributed by atoms with Gasteiger partial charge in [-0.1, -0.05) is 35.5 Å². The van der Waals surface area contributed by atoms with Crippen molar-refractivity contribution < 1.29 is 14.1 Å². The van der Waals surface area contributed by atoms with Gasteiger partial charge in [0.25, 0.3) is 0 Å². The fraction of sp³-hybridized carbons (Fsp3) is 0.450. The van der Waals surface area contributed by atoms with Crippen molar-refractivity contribution in [3.63, 3.8) is 0 Å². The number of benzene rings is 1. The summed E-state index contributed by atoms with van der Waals surface area (Å²) in [7, 11) is 0. The smallest absolute Gasteiger partial charge is 0.223 e. The van der Waals surface area contributed by atoms with Crippen LogP contribution in [0.15, 0.2) is 47.1 Å². The van der Waals surface area contributed by atoms with Crippen LogP contribution in [0, 0.1) is 11.8 Å². The standard InChI is InChI=1S/C20H23N3O3/c1-14(24)23-12-16-11-22(19(25)8-7-17-9-10-21-26-17)13-18(16)20(23)15-5-3-2-4-6-15/h2-6,9-10,16,18,20H,7-8,11-13H2,1H3/t16-,18-,20-/m1/s1. The van der Waals surface area contributed by atoms with Gasteiger partial charge >= 0.3 is 0 Å². The fourth-order valence-electron chi connectivity index (χ4n) is 4.41. The Balaban J connectivity index is 1.46. The van der Waals surface area contributed by atoms with Gasteiger partial charge in [0.15, 0.2) is 0 Å². The predicted octanol–water partition coefficient (Wildman–Crippen LogP) is 2.29. The molecule has 6 heteroatoms. The summed E-state index contributed by atoms with van der Waals surface area (Å²) in [5.74, 6) is 1.64. The molecule has 2 aliphatic rings. The van der Waals surface area contributed by atoms with Crippen molar-refractivity contribution >= 4 is 11.8 Å². The Morgan fingerprint density at radius 3 is 2.65 bits per heavy atom. The van der Waals surface area contributed by atoms with Gasteiger partial charge in [-0.2, -0.15) is 0 Å². The van der Waals surface area contributed by atoms with Crippen LogP contribution in [0.3, 0.4) is 0 Å². The van der Waals surface area contributed by atoms with Gasteiger partial charge in [0.2, 0.25) is 11.8 Å². The Morgan fingerprint density at radius 1 is 1.15 bits per heavy atom. The molecule has 0 bridgehead atoms. The molecule has 26 heavy (non-hydrogen) atoms. The van der Waals surface area contributed by atoms with Gasteiger partial charge in [-0.15, -0.1) is 0 Å². The van der Waals surface area contributed by atoms with E-state index in [2.05, 4.69) is 17.3 Å². The van der Waals surface area contributed by atoms with Crippen LogP contribution < -0.4 is 0 Å². The first kappa shape index (κ1) is 16.8. The van der Waals surface area contributed by atoms with Gasteiger partial charge < -0.3 is 14.3 Å². The lowest BCUT2D eigenvalue weighted by Gasteiger charge is -2.29. The number of hydrogen-bond acceptors (Lipinski definition) is 4. The first-order chi connectivity index (χ1) is 12.6. The maximum atomic E-state index is 12.6. The minimum atomic E-state index is 0.0609. The number of rotatable bonds is 4. The number of likely N-dealkylation sites (tertiary alicyclic amines) is 2. The van der Waals surface area contributed by atoms with Crippen molar-refractivity contribution in [3.05, 3.63) is 53.9 Å². The van der Waals surface area contributed by atoms with Crippen LogP contribution in [0.2, 0.25) is 0 Å². The number of aromatic nitrogens is 1. The third-order valence-electron chi connectivity index (χ3n) is 5.64. The van der Waals surface area contributed by atoms with Gasteiger partial charge in [-0.25, -0.2) is 0 Å². The minimum Gasteiger partial charge on any atom is -0.361 e. The Morgan fingerprint density at radius 2 is 1.96 bits per heavy atom. The van der Waals surface area contributed by atoms with Crippen LogP contribution in [0.5, 0.6) is 0 Å². The molecule has 2 saturated heterocycles. The van der Waals surface area contributed by atoms with E-state index in [4.69, 9.17) is 4.52 Å². The van der Waals surface area contributed by atoms with Crippen molar-refractivity contribution in [3.8, 4) is 0 Å². The summed E-state index contributed by atoms with van der Waals surface area (Å²) in [6.07, 6.45) is 2.61. The molecule has 0 N–H and O–H groups in total. The van der Waals surface area contributed by atoms with E-state index in [1.165, 1.54) is 0 Å². The first-order valence-electron chi connectivity index (χ1n) is 9.13. The Kier molecular flexibility index (Phi) is 4.49. The van der Waals surface area contributed by atoms with E-state index >= 15 is 0 Å². The molecule has 136 valence electrons. The van der Waals surface area contributed by atoms with Crippen LogP contribution in [0.4, 0.5) is 0 Å². The maximum Gasteiger partial charge on any atom is 0.223 e. The lowest BCUT2D eigenvalue weighted by molar-refractivity contribution is -0.131. The molecule has 2 aromatic rings. The molecule has 1 aromatic carbocycles. The molecular weight excluding hydrogens is 330 g/mol. The average molecular weight is 353 g/mol. The maximum absolute atomic E-state index is 12.6. The molecule has 1 aromatic heterocycles. The van der Waals surface area contributed by atoms with Crippen LogP contribution in [-0.2, 0) is 16.0 Å². The van der Waals surface area contributed by atoms with E-state index in [9.17, 15) is 9.59 Å². The number of carbonyl (C=O) groups excluding carboxylic acids is 2. The highest BCUT2D eigenvalue weighted by Gasteiger charge is 2.49. The zero-order valence-corrected chi connectivity index (χ0v) is 14.9. The highest BCUT2D eigenvalue weighted by Crippen LogP contribution is 2.45. The molecular formula is C20H23N3O3. The number of fused-ring (bicyclic) bond motifs is 1. The van der Waals surface area contributed by atoms with Gasteiger partial charge in [-0.3, -0.25) is 9.59 Å². The van der Waals surface area contributed by atoms with Crippen LogP contribution in [-0.4, -0.2) is 46.4 Å². The summed E-state index contributed by atoms with van der Waals surface area (Å²) in [5.41, 5.74) is 1.16. The van der Waals surface area contributed by atoms with E-state index in [1.54, 1.807) is 19.2 Å². The molecule has 3 heterocycles. The quantitative estimate of drug-likeness (QED) is 0.846. The molecule has 2 aliphatic heterocycles. The van der Waals surface area contributed by atoms with Crippen molar-refractivity contribution in [1.82, 2.24) is 15.0 Å². The van der Waals surface area contributed by atoms with E-state index in [0.717, 1.165) is 24.4 Å².